The zero-order valence-corrected chi connectivity index (χ0v) is 16.8. The van der Waals surface area contributed by atoms with Crippen LogP contribution >= 0.6 is 11.6 Å². The molecule has 5 heteroatoms. The van der Waals surface area contributed by atoms with Gasteiger partial charge in [0.05, 0.1) is 0 Å². The van der Waals surface area contributed by atoms with Crippen LogP contribution in [-0.4, -0.2) is 22.6 Å². The highest BCUT2D eigenvalue weighted by molar-refractivity contribution is 6.30. The van der Waals surface area contributed by atoms with Crippen LogP contribution in [0.2, 0.25) is 5.02 Å². The summed E-state index contributed by atoms with van der Waals surface area (Å²) in [7, 11) is 0. The van der Waals surface area contributed by atoms with E-state index in [9.17, 15) is 0 Å². The van der Waals surface area contributed by atoms with Crippen LogP contribution < -0.4 is 10.2 Å². The second kappa shape index (κ2) is 8.72. The van der Waals surface area contributed by atoms with Gasteiger partial charge in [-0.3, -0.25) is 0 Å². The van der Waals surface area contributed by atoms with E-state index < -0.39 is 0 Å². The number of benzene rings is 1. The molecule has 0 spiro atoms. The van der Waals surface area contributed by atoms with Crippen molar-refractivity contribution in [3.05, 3.63) is 40.5 Å². The highest BCUT2D eigenvalue weighted by atomic mass is 35.5. The van der Waals surface area contributed by atoms with Gasteiger partial charge in [0, 0.05) is 35.1 Å². The predicted octanol–water partition coefficient (Wildman–Crippen LogP) is 5.90. The molecule has 3 rings (SSSR count). The first-order valence-corrected chi connectivity index (χ1v) is 10.2. The van der Waals surface area contributed by atoms with Crippen molar-refractivity contribution in [1.82, 2.24) is 9.97 Å². The Morgan fingerprint density at radius 2 is 2.04 bits per heavy atom. The molecular weight excluding hydrogens is 344 g/mol. The molecule has 1 saturated heterocycles. The number of aryl methyl sites for hydroxylation is 2. The fraction of sp³-hybridized carbons (Fsp3) is 0.524. The number of nitrogens with zero attached hydrogens (tertiary/aromatic N) is 3. The largest absolute Gasteiger partial charge is 0.353 e. The van der Waals surface area contributed by atoms with Gasteiger partial charge < -0.3 is 10.2 Å². The lowest BCUT2D eigenvalue weighted by molar-refractivity contribution is 0.446. The number of hydrogen-bond donors (Lipinski definition) is 1. The number of aromatic nitrogens is 2. The minimum absolute atomic E-state index is 0.578. The molecule has 1 aliphatic rings. The number of halogens is 1. The molecule has 1 aromatic carbocycles. The Labute approximate surface area is 162 Å². The molecule has 140 valence electrons. The maximum Gasteiger partial charge on any atom is 0.229 e. The highest BCUT2D eigenvalue weighted by Gasteiger charge is 2.23. The zero-order valence-electron chi connectivity index (χ0n) is 16.1. The molecule has 4 nitrogen and oxygen atoms in total. The molecule has 2 heterocycles. The molecule has 0 radical (unpaired) electrons. The summed E-state index contributed by atoms with van der Waals surface area (Å²) in [6.45, 7) is 7.60. The SMILES string of the molecule is CCCc1cc(N2CCCCC2CC)nc(Nc2cc(Cl)ccc2C)n1. The van der Waals surface area contributed by atoms with Crippen LogP contribution in [0.5, 0.6) is 0 Å². The molecular formula is C21H29ClN4. The van der Waals surface area contributed by atoms with Crippen molar-refractivity contribution in [2.75, 3.05) is 16.8 Å². The second-order valence-electron chi connectivity index (χ2n) is 7.13. The maximum absolute atomic E-state index is 6.17. The normalized spacial score (nSPS) is 17.4. The van der Waals surface area contributed by atoms with E-state index in [1.165, 1.54) is 19.3 Å². The Morgan fingerprint density at radius 3 is 2.81 bits per heavy atom. The Balaban J connectivity index is 1.94. The summed E-state index contributed by atoms with van der Waals surface area (Å²) in [6, 6.07) is 8.60. The van der Waals surface area contributed by atoms with Crippen molar-refractivity contribution >= 4 is 29.1 Å². The smallest absolute Gasteiger partial charge is 0.229 e. The lowest BCUT2D eigenvalue weighted by Crippen LogP contribution is -2.39. The Morgan fingerprint density at radius 1 is 1.19 bits per heavy atom. The monoisotopic (exact) mass is 372 g/mol. The third-order valence-corrected chi connectivity index (χ3v) is 5.35. The fourth-order valence-corrected chi connectivity index (χ4v) is 3.82. The van der Waals surface area contributed by atoms with E-state index in [2.05, 4.69) is 37.1 Å². The van der Waals surface area contributed by atoms with E-state index in [1.54, 1.807) is 0 Å². The molecule has 0 aliphatic carbocycles. The van der Waals surface area contributed by atoms with Crippen molar-refractivity contribution < 1.29 is 0 Å². The van der Waals surface area contributed by atoms with E-state index >= 15 is 0 Å². The van der Waals surface area contributed by atoms with Crippen molar-refractivity contribution in [2.45, 2.75) is 65.3 Å². The van der Waals surface area contributed by atoms with Crippen LogP contribution in [-0.2, 0) is 6.42 Å². The first-order chi connectivity index (χ1) is 12.6. The molecule has 1 fully saturated rings. The van der Waals surface area contributed by atoms with Gasteiger partial charge >= 0.3 is 0 Å². The fourth-order valence-electron chi connectivity index (χ4n) is 3.65. The zero-order chi connectivity index (χ0) is 18.5. The molecule has 0 bridgehead atoms. The third-order valence-electron chi connectivity index (χ3n) is 5.11. The van der Waals surface area contributed by atoms with Crippen LogP contribution in [0.25, 0.3) is 0 Å². The molecule has 26 heavy (non-hydrogen) atoms. The van der Waals surface area contributed by atoms with Gasteiger partial charge in [0.25, 0.3) is 0 Å². The second-order valence-corrected chi connectivity index (χ2v) is 7.56. The Bertz CT molecular complexity index is 747. The highest BCUT2D eigenvalue weighted by Crippen LogP contribution is 2.28. The van der Waals surface area contributed by atoms with Gasteiger partial charge in [-0.15, -0.1) is 0 Å². The van der Waals surface area contributed by atoms with E-state index in [0.717, 1.165) is 48.6 Å². The average molecular weight is 373 g/mol. The third kappa shape index (κ3) is 4.47. The first kappa shape index (κ1) is 19.0. The molecule has 1 aliphatic heterocycles. The van der Waals surface area contributed by atoms with Crippen molar-refractivity contribution in [3.8, 4) is 0 Å². The maximum atomic E-state index is 6.17. The summed E-state index contributed by atoms with van der Waals surface area (Å²) in [6.07, 6.45) is 6.99. The summed E-state index contributed by atoms with van der Waals surface area (Å²) >= 11 is 6.17. The van der Waals surface area contributed by atoms with Crippen molar-refractivity contribution in [1.29, 1.82) is 0 Å². The molecule has 1 N–H and O–H groups in total. The molecule has 0 saturated carbocycles. The van der Waals surface area contributed by atoms with Gasteiger partial charge in [-0.1, -0.05) is 37.9 Å². The summed E-state index contributed by atoms with van der Waals surface area (Å²) in [5.41, 5.74) is 3.19. The number of nitrogens with one attached hydrogen (secondary N) is 1. The van der Waals surface area contributed by atoms with Gasteiger partial charge in [-0.05, 0) is 56.7 Å². The number of piperidine rings is 1. The van der Waals surface area contributed by atoms with E-state index in [1.807, 2.05) is 18.2 Å². The molecule has 2 aromatic rings. The average Bonchev–Trinajstić information content (AvgIpc) is 2.65. The van der Waals surface area contributed by atoms with Crippen LogP contribution in [0.15, 0.2) is 24.3 Å². The number of hydrogen-bond acceptors (Lipinski definition) is 4. The van der Waals surface area contributed by atoms with Gasteiger partial charge in [0.1, 0.15) is 5.82 Å². The lowest BCUT2D eigenvalue weighted by atomic mass is 10.00. The number of anilines is 3. The van der Waals surface area contributed by atoms with Gasteiger partial charge in [-0.2, -0.15) is 4.98 Å². The topological polar surface area (TPSA) is 41.1 Å². The summed E-state index contributed by atoms with van der Waals surface area (Å²) in [5, 5.41) is 4.10. The molecule has 1 aromatic heterocycles. The standard InChI is InChI=1S/C21H29ClN4/c1-4-8-17-14-20(26-12-7-6-9-18(26)5-2)25-21(23-17)24-19-13-16(22)11-10-15(19)3/h10-11,13-14,18H,4-9,12H2,1-3H3,(H,23,24,25). The predicted molar refractivity (Wildman–Crippen MR) is 111 cm³/mol. The molecule has 1 atom stereocenters. The Kier molecular flexibility index (Phi) is 6.36. The van der Waals surface area contributed by atoms with Gasteiger partial charge in [-0.25, -0.2) is 4.98 Å². The van der Waals surface area contributed by atoms with Gasteiger partial charge in [0.2, 0.25) is 5.95 Å². The van der Waals surface area contributed by atoms with Crippen LogP contribution in [0.3, 0.4) is 0 Å². The van der Waals surface area contributed by atoms with E-state index in [0.29, 0.717) is 17.0 Å². The summed E-state index contributed by atoms with van der Waals surface area (Å²) in [5.74, 6) is 1.72. The van der Waals surface area contributed by atoms with Crippen molar-refractivity contribution in [3.63, 3.8) is 0 Å². The summed E-state index contributed by atoms with van der Waals surface area (Å²) in [4.78, 5) is 12.1. The summed E-state index contributed by atoms with van der Waals surface area (Å²) < 4.78 is 0. The Hall–Kier alpha value is -1.81. The molecule has 1 unspecified atom stereocenters. The van der Waals surface area contributed by atoms with E-state index in [4.69, 9.17) is 21.6 Å². The quantitative estimate of drug-likeness (QED) is 0.684. The minimum atomic E-state index is 0.578. The first-order valence-electron chi connectivity index (χ1n) is 9.78. The van der Waals surface area contributed by atoms with Gasteiger partial charge in [0.15, 0.2) is 0 Å². The lowest BCUT2D eigenvalue weighted by Gasteiger charge is -2.36. The van der Waals surface area contributed by atoms with E-state index in [-0.39, 0.29) is 0 Å². The van der Waals surface area contributed by atoms with Crippen LogP contribution in [0.4, 0.5) is 17.5 Å². The number of rotatable bonds is 6. The van der Waals surface area contributed by atoms with Crippen molar-refractivity contribution in [2.24, 2.45) is 0 Å². The minimum Gasteiger partial charge on any atom is -0.353 e. The van der Waals surface area contributed by atoms with Crippen LogP contribution in [0, 0.1) is 6.92 Å². The van der Waals surface area contributed by atoms with Crippen LogP contribution in [0.1, 0.15) is 57.2 Å². The molecule has 0 amide bonds.